The molecule has 2 amide bonds. The molecule has 0 spiro atoms. The molecule has 4 nitrogen and oxygen atoms in total. The van der Waals surface area contributed by atoms with E-state index >= 15 is 0 Å². The molecule has 1 saturated heterocycles. The van der Waals surface area contributed by atoms with Crippen LogP contribution in [0.3, 0.4) is 0 Å². The summed E-state index contributed by atoms with van der Waals surface area (Å²) in [7, 11) is 0. The van der Waals surface area contributed by atoms with E-state index in [0.29, 0.717) is 12.8 Å². The summed E-state index contributed by atoms with van der Waals surface area (Å²) in [5.41, 5.74) is 3.05. The third-order valence-corrected chi connectivity index (χ3v) is 5.71. The lowest BCUT2D eigenvalue weighted by molar-refractivity contribution is -0.140. The molecule has 0 bridgehead atoms. The maximum atomic E-state index is 12.5. The zero-order valence-corrected chi connectivity index (χ0v) is 14.3. The average molecular weight is 338 g/mol. The van der Waals surface area contributed by atoms with Crippen LogP contribution in [-0.2, 0) is 16.1 Å². The Hall–Kier alpha value is -2.27. The third-order valence-electron chi connectivity index (χ3n) is 4.77. The number of allylic oxidation sites excluding steroid dienone is 2. The number of hydrogen-bond donors (Lipinski definition) is 0. The van der Waals surface area contributed by atoms with Crippen molar-refractivity contribution in [2.75, 3.05) is 0 Å². The lowest BCUT2D eigenvalue weighted by Gasteiger charge is -2.14. The van der Waals surface area contributed by atoms with Gasteiger partial charge in [-0.05, 0) is 19.8 Å². The van der Waals surface area contributed by atoms with Gasteiger partial charge in [-0.25, -0.2) is 4.98 Å². The molecule has 2 heterocycles. The van der Waals surface area contributed by atoms with Crippen LogP contribution in [0.15, 0.2) is 41.8 Å². The fraction of sp³-hybridized carbons (Fsp3) is 0.316. The molecule has 24 heavy (non-hydrogen) atoms. The summed E-state index contributed by atoms with van der Waals surface area (Å²) < 4.78 is 0. The number of hydrogen-bond acceptors (Lipinski definition) is 4. The molecule has 2 aliphatic rings. The largest absolute Gasteiger partial charge is 0.276 e. The number of benzene rings is 1. The Morgan fingerprint density at radius 3 is 2.33 bits per heavy atom. The first kappa shape index (κ1) is 15.3. The van der Waals surface area contributed by atoms with Gasteiger partial charge in [0.25, 0.3) is 0 Å². The molecular formula is C19H18N2O2S. The van der Waals surface area contributed by atoms with E-state index in [2.05, 4.69) is 24.0 Å². The molecule has 2 unspecified atom stereocenters. The number of aromatic nitrogens is 1. The minimum absolute atomic E-state index is 0.0424. The van der Waals surface area contributed by atoms with Crippen LogP contribution in [0.2, 0.25) is 0 Å². The topological polar surface area (TPSA) is 50.3 Å². The molecule has 122 valence electrons. The number of likely N-dealkylation sites (tertiary alicyclic amines) is 1. The monoisotopic (exact) mass is 338 g/mol. The number of amides is 2. The average Bonchev–Trinajstić information content (AvgIpc) is 3.16. The van der Waals surface area contributed by atoms with E-state index < -0.39 is 0 Å². The second kappa shape index (κ2) is 5.98. The van der Waals surface area contributed by atoms with E-state index in [1.165, 1.54) is 10.5 Å². The summed E-state index contributed by atoms with van der Waals surface area (Å²) in [5.74, 6) is -0.422. The second-order valence-corrected chi connectivity index (χ2v) is 7.29. The van der Waals surface area contributed by atoms with Crippen molar-refractivity contribution in [1.29, 1.82) is 0 Å². The Balaban J connectivity index is 1.53. The van der Waals surface area contributed by atoms with Gasteiger partial charge >= 0.3 is 0 Å². The van der Waals surface area contributed by atoms with Gasteiger partial charge in [-0.2, -0.15) is 0 Å². The minimum atomic E-state index is -0.169. The predicted octanol–water partition coefficient (Wildman–Crippen LogP) is 3.57. The maximum absolute atomic E-state index is 12.5. The summed E-state index contributed by atoms with van der Waals surface area (Å²) in [6.45, 7) is 2.34. The van der Waals surface area contributed by atoms with E-state index in [4.69, 9.17) is 0 Å². The Labute approximate surface area is 144 Å². The van der Waals surface area contributed by atoms with Crippen LogP contribution in [0.5, 0.6) is 0 Å². The first-order valence-electron chi connectivity index (χ1n) is 8.15. The highest BCUT2D eigenvalue weighted by Crippen LogP contribution is 2.36. The molecule has 1 aromatic carbocycles. The van der Waals surface area contributed by atoms with Crippen molar-refractivity contribution in [3.05, 3.63) is 53.1 Å². The molecule has 5 heteroatoms. The number of thiazole rings is 1. The van der Waals surface area contributed by atoms with Crippen molar-refractivity contribution in [2.45, 2.75) is 26.3 Å². The number of carbonyl (C=O) groups excluding carboxylic acids is 2. The molecule has 4 rings (SSSR count). The zero-order valence-electron chi connectivity index (χ0n) is 13.4. The minimum Gasteiger partial charge on any atom is -0.276 e. The molecule has 0 radical (unpaired) electrons. The van der Waals surface area contributed by atoms with Crippen molar-refractivity contribution in [3.63, 3.8) is 0 Å². The van der Waals surface area contributed by atoms with Crippen LogP contribution >= 0.6 is 11.3 Å². The summed E-state index contributed by atoms with van der Waals surface area (Å²) in [5, 5.41) is 2.86. The van der Waals surface area contributed by atoms with Crippen LogP contribution in [0, 0.1) is 18.8 Å². The van der Waals surface area contributed by atoms with Crippen molar-refractivity contribution >= 4 is 23.2 Å². The summed E-state index contributed by atoms with van der Waals surface area (Å²) in [6.07, 6.45) is 5.37. The van der Waals surface area contributed by atoms with E-state index in [1.54, 1.807) is 11.3 Å². The first-order valence-corrected chi connectivity index (χ1v) is 9.03. The van der Waals surface area contributed by atoms with Crippen molar-refractivity contribution < 1.29 is 9.59 Å². The summed E-state index contributed by atoms with van der Waals surface area (Å²) in [4.78, 5) is 31.0. The highest BCUT2D eigenvalue weighted by molar-refractivity contribution is 7.13. The van der Waals surface area contributed by atoms with E-state index in [0.717, 1.165) is 16.3 Å². The van der Waals surface area contributed by atoms with E-state index in [9.17, 15) is 9.59 Å². The molecule has 2 aromatic rings. The molecule has 1 fully saturated rings. The fourth-order valence-corrected chi connectivity index (χ4v) is 4.21. The van der Waals surface area contributed by atoms with Crippen LogP contribution in [0.25, 0.3) is 10.6 Å². The standard InChI is InChI=1S/C19H18N2O2S/c1-12-6-8-13(9-7-12)17-20-14(11-24-17)10-21-18(22)15-4-2-3-5-16(15)19(21)23/h2-3,6-9,11,15-16H,4-5,10H2,1H3. The van der Waals surface area contributed by atoms with Gasteiger partial charge in [-0.1, -0.05) is 42.0 Å². The molecule has 0 saturated carbocycles. The zero-order chi connectivity index (χ0) is 16.7. The Morgan fingerprint density at radius 1 is 1.08 bits per heavy atom. The van der Waals surface area contributed by atoms with Crippen molar-refractivity contribution in [3.8, 4) is 10.6 Å². The number of nitrogens with zero attached hydrogens (tertiary/aromatic N) is 2. The lowest BCUT2D eigenvalue weighted by Crippen LogP contribution is -2.30. The fourth-order valence-electron chi connectivity index (χ4n) is 3.40. The van der Waals surface area contributed by atoms with Gasteiger partial charge in [0.2, 0.25) is 11.8 Å². The number of carbonyl (C=O) groups is 2. The van der Waals surface area contributed by atoms with Crippen LogP contribution < -0.4 is 0 Å². The molecule has 0 N–H and O–H groups in total. The van der Waals surface area contributed by atoms with E-state index in [1.807, 2.05) is 29.7 Å². The van der Waals surface area contributed by atoms with Crippen LogP contribution in [0.1, 0.15) is 24.1 Å². The van der Waals surface area contributed by atoms with Gasteiger partial charge < -0.3 is 0 Å². The molecule has 1 aliphatic carbocycles. The van der Waals surface area contributed by atoms with Crippen molar-refractivity contribution in [1.82, 2.24) is 9.88 Å². The number of aryl methyl sites for hydroxylation is 1. The van der Waals surface area contributed by atoms with Gasteiger partial charge in [-0.15, -0.1) is 11.3 Å². The molecule has 1 aromatic heterocycles. The highest BCUT2D eigenvalue weighted by Gasteiger charge is 2.47. The lowest BCUT2D eigenvalue weighted by atomic mass is 9.85. The highest BCUT2D eigenvalue weighted by atomic mass is 32.1. The number of fused-ring (bicyclic) bond motifs is 1. The van der Waals surface area contributed by atoms with Gasteiger partial charge in [0, 0.05) is 10.9 Å². The van der Waals surface area contributed by atoms with E-state index in [-0.39, 0.29) is 30.2 Å². The van der Waals surface area contributed by atoms with Crippen LogP contribution in [0.4, 0.5) is 0 Å². The normalized spacial score (nSPS) is 23.0. The second-order valence-electron chi connectivity index (χ2n) is 6.43. The summed E-state index contributed by atoms with van der Waals surface area (Å²) >= 11 is 1.55. The van der Waals surface area contributed by atoms with Gasteiger partial charge in [0.15, 0.2) is 0 Å². The van der Waals surface area contributed by atoms with Gasteiger partial charge in [-0.3, -0.25) is 14.5 Å². The van der Waals surface area contributed by atoms with Crippen LogP contribution in [-0.4, -0.2) is 21.7 Å². The Bertz CT molecular complexity index is 796. The quantitative estimate of drug-likeness (QED) is 0.635. The van der Waals surface area contributed by atoms with Gasteiger partial charge in [0.1, 0.15) is 5.01 Å². The molecule has 1 aliphatic heterocycles. The first-order chi connectivity index (χ1) is 11.6. The number of imide groups is 1. The Morgan fingerprint density at radius 2 is 1.71 bits per heavy atom. The predicted molar refractivity (Wildman–Crippen MR) is 93.2 cm³/mol. The molecular weight excluding hydrogens is 320 g/mol. The summed E-state index contributed by atoms with van der Waals surface area (Å²) in [6, 6.07) is 8.21. The smallest absolute Gasteiger partial charge is 0.233 e. The third kappa shape index (κ3) is 2.59. The molecule has 2 atom stereocenters. The van der Waals surface area contributed by atoms with Gasteiger partial charge in [0.05, 0.1) is 24.1 Å². The number of rotatable bonds is 3. The maximum Gasteiger partial charge on any atom is 0.233 e. The Kier molecular flexibility index (Phi) is 3.81. The van der Waals surface area contributed by atoms with Crippen molar-refractivity contribution in [2.24, 2.45) is 11.8 Å². The SMILES string of the molecule is Cc1ccc(-c2nc(CN3C(=O)C4CC=CCC4C3=O)cs2)cc1.